The molecule has 0 aliphatic rings. The van der Waals surface area contributed by atoms with Crippen LogP contribution in [0, 0.1) is 0 Å². The molecule has 0 atom stereocenters. The zero-order valence-electron chi connectivity index (χ0n) is 9.56. The van der Waals surface area contributed by atoms with E-state index >= 15 is 0 Å². The van der Waals surface area contributed by atoms with Gasteiger partial charge in [0.05, 0.1) is 0 Å². The number of halogens is 2. The minimum atomic E-state index is -4.16. The number of unbranched alkanes of at least 4 members (excludes halogenated alkanes) is 1. The molecule has 1 aromatic carbocycles. The summed E-state index contributed by atoms with van der Waals surface area (Å²) in [7, 11) is 2.10. The van der Waals surface area contributed by atoms with Crippen LogP contribution in [0.4, 0.5) is 0 Å². The molecule has 0 aromatic heterocycles. The lowest BCUT2D eigenvalue weighted by Crippen LogP contribution is -2.02. The second-order valence-electron chi connectivity index (χ2n) is 3.76. The third-order valence-electron chi connectivity index (χ3n) is 2.35. The summed E-state index contributed by atoms with van der Waals surface area (Å²) < 4.78 is 45.3. The number of aryl methyl sites for hydroxylation is 1. The minimum absolute atomic E-state index is 0.465. The molecule has 18 heavy (non-hydrogen) atoms. The summed E-state index contributed by atoms with van der Waals surface area (Å²) in [4.78, 5) is -0.952. The highest BCUT2D eigenvalue weighted by atomic mass is 35.7. The van der Waals surface area contributed by atoms with Crippen molar-refractivity contribution in [2.24, 2.45) is 0 Å². The van der Waals surface area contributed by atoms with Crippen LogP contribution in [0.25, 0.3) is 0 Å². The average molecular weight is 331 g/mol. The van der Waals surface area contributed by atoms with Crippen LogP contribution in [0.15, 0.2) is 28.0 Å². The molecule has 0 bridgehead atoms. The molecule has 0 amide bonds. The predicted octanol–water partition coefficient (Wildman–Crippen LogP) is 2.88. The Morgan fingerprint density at radius 3 is 2.00 bits per heavy atom. The van der Waals surface area contributed by atoms with Crippen LogP contribution in [0.1, 0.15) is 25.3 Å². The van der Waals surface area contributed by atoms with Crippen LogP contribution in [-0.2, 0) is 24.5 Å². The molecular formula is C10H12Cl2O4S2. The van der Waals surface area contributed by atoms with Crippen LogP contribution in [0.3, 0.4) is 0 Å². The van der Waals surface area contributed by atoms with Gasteiger partial charge in [-0.3, -0.25) is 0 Å². The quantitative estimate of drug-likeness (QED) is 0.778. The zero-order chi connectivity index (χ0) is 14.0. The van der Waals surface area contributed by atoms with Gasteiger partial charge in [0.1, 0.15) is 9.79 Å². The molecule has 4 nitrogen and oxygen atoms in total. The smallest absolute Gasteiger partial charge is 0.207 e. The molecule has 0 spiro atoms. The molecular weight excluding hydrogens is 319 g/mol. The van der Waals surface area contributed by atoms with Crippen LogP contribution in [-0.4, -0.2) is 16.8 Å². The van der Waals surface area contributed by atoms with Crippen molar-refractivity contribution in [2.45, 2.75) is 36.0 Å². The van der Waals surface area contributed by atoms with Crippen molar-refractivity contribution in [3.8, 4) is 0 Å². The van der Waals surface area contributed by atoms with Crippen LogP contribution < -0.4 is 0 Å². The summed E-state index contributed by atoms with van der Waals surface area (Å²) in [6.45, 7) is 2.00. The minimum Gasteiger partial charge on any atom is -0.207 e. The van der Waals surface area contributed by atoms with Crippen molar-refractivity contribution in [1.82, 2.24) is 0 Å². The lowest BCUT2D eigenvalue weighted by molar-refractivity contribution is 0.597. The molecule has 0 aliphatic heterocycles. The Hall–Kier alpha value is -0.300. The SMILES string of the molecule is CCCCc1ccc(S(=O)(=O)Cl)c(S(=O)(=O)Cl)c1. The van der Waals surface area contributed by atoms with Crippen LogP contribution in [0.5, 0.6) is 0 Å². The Kier molecular flexibility index (Phi) is 5.05. The van der Waals surface area contributed by atoms with E-state index in [1.54, 1.807) is 0 Å². The highest BCUT2D eigenvalue weighted by Gasteiger charge is 2.24. The molecule has 0 aliphatic carbocycles. The van der Waals surface area contributed by atoms with Gasteiger partial charge < -0.3 is 0 Å². The van der Waals surface area contributed by atoms with Crippen molar-refractivity contribution < 1.29 is 16.8 Å². The van der Waals surface area contributed by atoms with Crippen molar-refractivity contribution in [2.75, 3.05) is 0 Å². The first-order valence-corrected chi connectivity index (χ1v) is 9.80. The molecule has 0 radical (unpaired) electrons. The summed E-state index contributed by atoms with van der Waals surface area (Å²) in [5, 5.41) is 0. The van der Waals surface area contributed by atoms with Crippen molar-refractivity contribution in [3.05, 3.63) is 23.8 Å². The molecule has 8 heteroatoms. The summed E-state index contributed by atoms with van der Waals surface area (Å²) in [6, 6.07) is 3.96. The summed E-state index contributed by atoms with van der Waals surface area (Å²) >= 11 is 0. The Morgan fingerprint density at radius 2 is 1.56 bits per heavy atom. The second-order valence-corrected chi connectivity index (χ2v) is 8.83. The lowest BCUT2D eigenvalue weighted by Gasteiger charge is -2.06. The van der Waals surface area contributed by atoms with E-state index in [1.165, 1.54) is 18.2 Å². The molecule has 0 fully saturated rings. The summed E-state index contributed by atoms with van der Waals surface area (Å²) in [6.07, 6.45) is 2.46. The highest BCUT2D eigenvalue weighted by Crippen LogP contribution is 2.28. The van der Waals surface area contributed by atoms with Gasteiger partial charge in [-0.1, -0.05) is 19.4 Å². The third kappa shape index (κ3) is 4.12. The van der Waals surface area contributed by atoms with Gasteiger partial charge in [0, 0.05) is 21.4 Å². The fourth-order valence-corrected chi connectivity index (χ4v) is 4.33. The molecule has 0 heterocycles. The maximum Gasteiger partial charge on any atom is 0.262 e. The van der Waals surface area contributed by atoms with Crippen LogP contribution >= 0.6 is 21.4 Å². The molecule has 102 valence electrons. The van der Waals surface area contributed by atoms with Crippen molar-refractivity contribution in [1.29, 1.82) is 0 Å². The number of hydrogen-bond acceptors (Lipinski definition) is 4. The van der Waals surface area contributed by atoms with Crippen molar-refractivity contribution in [3.63, 3.8) is 0 Å². The van der Waals surface area contributed by atoms with Gasteiger partial charge in [0.25, 0.3) is 18.1 Å². The fraction of sp³-hybridized carbons (Fsp3) is 0.400. The number of benzene rings is 1. The summed E-state index contributed by atoms with van der Waals surface area (Å²) in [5.74, 6) is 0. The van der Waals surface area contributed by atoms with Gasteiger partial charge in [-0.25, -0.2) is 16.8 Å². The molecule has 0 saturated heterocycles. The van der Waals surface area contributed by atoms with E-state index in [-0.39, 0.29) is 0 Å². The second kappa shape index (κ2) is 5.77. The van der Waals surface area contributed by atoms with Gasteiger partial charge in [-0.2, -0.15) is 0 Å². The standard InChI is InChI=1S/C10H12Cl2O4S2/c1-2-3-4-8-5-6-9(17(11,13)14)10(7-8)18(12,15)16/h5-7H,2-4H2,1H3. The van der Waals surface area contributed by atoms with Gasteiger partial charge in [0.15, 0.2) is 0 Å². The maximum atomic E-state index is 11.4. The summed E-state index contributed by atoms with van der Waals surface area (Å²) in [5.41, 5.74) is 0.708. The Morgan fingerprint density at radius 1 is 1.00 bits per heavy atom. The number of hydrogen-bond donors (Lipinski definition) is 0. The van der Waals surface area contributed by atoms with E-state index in [1.807, 2.05) is 6.92 Å². The molecule has 1 rings (SSSR count). The number of rotatable bonds is 5. The fourth-order valence-electron chi connectivity index (χ4n) is 1.48. The highest BCUT2D eigenvalue weighted by molar-refractivity contribution is 8.16. The third-order valence-corrected chi connectivity index (χ3v) is 5.22. The van der Waals surface area contributed by atoms with E-state index in [0.717, 1.165) is 12.8 Å². The average Bonchev–Trinajstić information content (AvgIpc) is 2.23. The van der Waals surface area contributed by atoms with E-state index in [0.29, 0.717) is 12.0 Å². The van der Waals surface area contributed by atoms with E-state index in [9.17, 15) is 16.8 Å². The van der Waals surface area contributed by atoms with E-state index in [2.05, 4.69) is 0 Å². The Bertz CT molecular complexity index is 636. The first kappa shape index (κ1) is 15.8. The monoisotopic (exact) mass is 330 g/mol. The Labute approximate surface area is 116 Å². The molecule has 0 saturated carbocycles. The first-order chi connectivity index (χ1) is 8.16. The molecule has 0 N–H and O–H groups in total. The van der Waals surface area contributed by atoms with Crippen molar-refractivity contribution >= 4 is 39.5 Å². The van der Waals surface area contributed by atoms with E-state index < -0.39 is 27.9 Å². The van der Waals surface area contributed by atoms with Gasteiger partial charge in [-0.05, 0) is 30.5 Å². The van der Waals surface area contributed by atoms with Gasteiger partial charge in [0.2, 0.25) is 0 Å². The lowest BCUT2D eigenvalue weighted by atomic mass is 10.1. The first-order valence-electron chi connectivity index (χ1n) is 5.18. The molecule has 1 aromatic rings. The van der Waals surface area contributed by atoms with Crippen LogP contribution in [0.2, 0.25) is 0 Å². The normalized spacial score (nSPS) is 12.6. The van der Waals surface area contributed by atoms with Gasteiger partial charge in [-0.15, -0.1) is 0 Å². The topological polar surface area (TPSA) is 68.3 Å². The Balaban J connectivity index is 3.40. The zero-order valence-corrected chi connectivity index (χ0v) is 12.7. The largest absolute Gasteiger partial charge is 0.262 e. The van der Waals surface area contributed by atoms with Gasteiger partial charge >= 0.3 is 0 Å². The molecule has 0 unspecified atom stereocenters. The van der Waals surface area contributed by atoms with E-state index in [4.69, 9.17) is 21.4 Å². The maximum absolute atomic E-state index is 11.4. The predicted molar refractivity (Wildman–Crippen MR) is 71.1 cm³/mol.